The van der Waals surface area contributed by atoms with Crippen LogP contribution in [0.15, 0.2) is 6.07 Å². The molecule has 1 atom stereocenters. The number of nitrogens with one attached hydrogen (secondary N) is 2. The minimum absolute atomic E-state index is 0.478. The Balaban J connectivity index is 1.80. The van der Waals surface area contributed by atoms with E-state index in [-0.39, 0.29) is 0 Å². The van der Waals surface area contributed by atoms with Crippen LogP contribution in [0.1, 0.15) is 26.2 Å². The van der Waals surface area contributed by atoms with Crippen LogP contribution in [0, 0.1) is 0 Å². The third-order valence-corrected chi connectivity index (χ3v) is 5.19. The van der Waals surface area contributed by atoms with Gasteiger partial charge in [0.1, 0.15) is 11.6 Å². The Morgan fingerprint density at radius 3 is 2.78 bits per heavy atom. The van der Waals surface area contributed by atoms with E-state index in [0.717, 1.165) is 44.5 Å². The van der Waals surface area contributed by atoms with Crippen LogP contribution in [0.25, 0.3) is 0 Å². The summed E-state index contributed by atoms with van der Waals surface area (Å²) in [5.41, 5.74) is 0. The zero-order valence-electron chi connectivity index (χ0n) is 16.2. The van der Waals surface area contributed by atoms with Crippen molar-refractivity contribution in [3.05, 3.63) is 6.07 Å². The zero-order valence-corrected chi connectivity index (χ0v) is 17.1. The molecule has 0 bridgehead atoms. The molecule has 1 unspecified atom stereocenters. The zero-order chi connectivity index (χ0) is 19.1. The van der Waals surface area contributed by atoms with Gasteiger partial charge in [-0.1, -0.05) is 0 Å². The molecule has 2 aliphatic heterocycles. The van der Waals surface area contributed by atoms with Gasteiger partial charge in [0.2, 0.25) is 5.95 Å². The highest BCUT2D eigenvalue weighted by molar-refractivity contribution is 7.80. The number of ether oxygens (including phenoxy) is 2. The molecule has 0 aromatic carbocycles. The number of methoxy groups -OCH3 is 1. The van der Waals surface area contributed by atoms with Gasteiger partial charge in [-0.3, -0.25) is 0 Å². The molecular weight excluding hydrogens is 364 g/mol. The fraction of sp³-hybridized carbons (Fsp3) is 0.722. The van der Waals surface area contributed by atoms with Crippen molar-refractivity contribution in [2.45, 2.75) is 32.2 Å². The van der Waals surface area contributed by atoms with Gasteiger partial charge in [0.05, 0.1) is 19.8 Å². The molecule has 2 N–H and O–H groups in total. The lowest BCUT2D eigenvalue weighted by Gasteiger charge is -2.35. The van der Waals surface area contributed by atoms with Crippen molar-refractivity contribution in [1.29, 1.82) is 0 Å². The molecule has 3 heterocycles. The van der Waals surface area contributed by atoms with Gasteiger partial charge >= 0.3 is 0 Å². The first-order valence-corrected chi connectivity index (χ1v) is 10.1. The van der Waals surface area contributed by atoms with Gasteiger partial charge in [-0.05, 0) is 38.4 Å². The molecule has 2 aliphatic rings. The van der Waals surface area contributed by atoms with E-state index in [1.165, 1.54) is 19.3 Å². The number of rotatable bonds is 6. The Hall–Kier alpha value is -1.71. The van der Waals surface area contributed by atoms with Crippen LogP contribution in [0.4, 0.5) is 17.6 Å². The van der Waals surface area contributed by atoms with Crippen LogP contribution >= 0.6 is 12.2 Å². The molecule has 3 rings (SSSR count). The van der Waals surface area contributed by atoms with E-state index in [0.29, 0.717) is 30.3 Å². The lowest BCUT2D eigenvalue weighted by atomic mass is 10.0. The van der Waals surface area contributed by atoms with E-state index < -0.39 is 0 Å². The summed E-state index contributed by atoms with van der Waals surface area (Å²) in [6.45, 7) is 7.63. The molecule has 0 amide bonds. The van der Waals surface area contributed by atoms with Gasteiger partial charge in [0, 0.05) is 45.4 Å². The lowest BCUT2D eigenvalue weighted by Crippen LogP contribution is -2.40. The Kier molecular flexibility index (Phi) is 7.42. The minimum Gasteiger partial charge on any atom is -0.383 e. The topological polar surface area (TPSA) is 74.8 Å². The molecule has 1 aromatic rings. The molecule has 2 saturated heterocycles. The quantitative estimate of drug-likeness (QED) is 0.553. The van der Waals surface area contributed by atoms with Crippen LogP contribution in [-0.2, 0) is 9.47 Å². The largest absolute Gasteiger partial charge is 0.383 e. The van der Waals surface area contributed by atoms with Gasteiger partial charge in [0.25, 0.3) is 0 Å². The summed E-state index contributed by atoms with van der Waals surface area (Å²) in [5, 5.41) is 6.74. The van der Waals surface area contributed by atoms with Crippen LogP contribution in [0.2, 0.25) is 0 Å². The van der Waals surface area contributed by atoms with Crippen molar-refractivity contribution in [1.82, 2.24) is 15.3 Å². The summed E-state index contributed by atoms with van der Waals surface area (Å²) in [7, 11) is 1.67. The van der Waals surface area contributed by atoms with Crippen molar-refractivity contribution in [2.24, 2.45) is 0 Å². The molecule has 9 heteroatoms. The van der Waals surface area contributed by atoms with Crippen molar-refractivity contribution >= 4 is 34.9 Å². The van der Waals surface area contributed by atoms with Crippen molar-refractivity contribution in [2.75, 3.05) is 68.2 Å². The maximum absolute atomic E-state index is 5.48. The Morgan fingerprint density at radius 1 is 1.26 bits per heavy atom. The van der Waals surface area contributed by atoms with E-state index in [4.69, 9.17) is 31.7 Å². The maximum Gasteiger partial charge on any atom is 0.232 e. The number of morpholine rings is 1. The summed E-state index contributed by atoms with van der Waals surface area (Å²) in [6.07, 6.45) is 3.66. The summed E-state index contributed by atoms with van der Waals surface area (Å²) in [6, 6.07) is 2.57. The summed E-state index contributed by atoms with van der Waals surface area (Å²) in [5.74, 6) is 2.41. The first kappa shape index (κ1) is 20.0. The first-order valence-electron chi connectivity index (χ1n) is 9.69. The van der Waals surface area contributed by atoms with Crippen molar-refractivity contribution in [3.63, 3.8) is 0 Å². The molecular formula is C18H30N6O2S. The fourth-order valence-electron chi connectivity index (χ4n) is 3.43. The van der Waals surface area contributed by atoms with E-state index >= 15 is 0 Å². The molecule has 150 valence electrons. The van der Waals surface area contributed by atoms with E-state index in [1.807, 2.05) is 0 Å². The van der Waals surface area contributed by atoms with Gasteiger partial charge in [-0.2, -0.15) is 9.97 Å². The SMILES string of the molecule is COCCNC(=S)Nc1nc(N2CCOCC2)cc(N2CCCCC2C)n1. The fourth-order valence-corrected chi connectivity index (χ4v) is 3.62. The molecule has 2 fully saturated rings. The molecule has 0 radical (unpaired) electrons. The van der Waals surface area contributed by atoms with Crippen LogP contribution in [-0.4, -0.2) is 74.2 Å². The first-order chi connectivity index (χ1) is 13.2. The van der Waals surface area contributed by atoms with E-state index in [2.05, 4.69) is 33.4 Å². The summed E-state index contributed by atoms with van der Waals surface area (Å²) in [4.78, 5) is 14.1. The molecule has 0 spiro atoms. The number of piperidine rings is 1. The summed E-state index contributed by atoms with van der Waals surface area (Å²) < 4.78 is 10.5. The number of anilines is 3. The van der Waals surface area contributed by atoms with Crippen LogP contribution in [0.3, 0.4) is 0 Å². The second kappa shape index (κ2) is 10.0. The highest BCUT2D eigenvalue weighted by Gasteiger charge is 2.23. The van der Waals surface area contributed by atoms with Gasteiger partial charge in [-0.25, -0.2) is 0 Å². The van der Waals surface area contributed by atoms with E-state index in [9.17, 15) is 0 Å². The molecule has 1 aromatic heterocycles. The monoisotopic (exact) mass is 394 g/mol. The van der Waals surface area contributed by atoms with Crippen molar-refractivity contribution < 1.29 is 9.47 Å². The number of thiocarbonyl (C=S) groups is 1. The highest BCUT2D eigenvalue weighted by Crippen LogP contribution is 2.27. The van der Waals surface area contributed by atoms with Gasteiger partial charge < -0.3 is 29.9 Å². The molecule has 0 saturated carbocycles. The predicted molar refractivity (Wildman–Crippen MR) is 112 cm³/mol. The Labute approximate surface area is 166 Å². The van der Waals surface area contributed by atoms with Crippen LogP contribution < -0.4 is 20.4 Å². The Morgan fingerprint density at radius 2 is 2.04 bits per heavy atom. The smallest absolute Gasteiger partial charge is 0.232 e. The van der Waals surface area contributed by atoms with Gasteiger partial charge in [0.15, 0.2) is 5.11 Å². The normalized spacial score (nSPS) is 20.4. The average molecular weight is 395 g/mol. The number of hydrogen-bond donors (Lipinski definition) is 2. The highest BCUT2D eigenvalue weighted by atomic mass is 32.1. The molecule has 0 aliphatic carbocycles. The molecule has 27 heavy (non-hydrogen) atoms. The maximum atomic E-state index is 5.48. The molecule has 8 nitrogen and oxygen atoms in total. The van der Waals surface area contributed by atoms with Crippen LogP contribution in [0.5, 0.6) is 0 Å². The standard InChI is InChI=1S/C18H30N6O2S/c1-14-5-3-4-7-24(14)16-13-15(23-8-11-26-12-9-23)20-17(21-16)22-18(27)19-6-10-25-2/h13-14H,3-12H2,1-2H3,(H2,19,20,21,22,27). The lowest BCUT2D eigenvalue weighted by molar-refractivity contribution is 0.122. The second-order valence-corrected chi connectivity index (χ2v) is 7.33. The predicted octanol–water partition coefficient (Wildman–Crippen LogP) is 1.62. The summed E-state index contributed by atoms with van der Waals surface area (Å²) >= 11 is 5.37. The van der Waals surface area contributed by atoms with Gasteiger partial charge in [-0.15, -0.1) is 0 Å². The van der Waals surface area contributed by atoms with Crippen molar-refractivity contribution in [3.8, 4) is 0 Å². The second-order valence-electron chi connectivity index (χ2n) is 6.92. The Bertz CT molecular complexity index is 626. The third kappa shape index (κ3) is 5.63. The van der Waals surface area contributed by atoms with E-state index in [1.54, 1.807) is 7.11 Å². The average Bonchev–Trinajstić information content (AvgIpc) is 2.69. The number of nitrogens with zero attached hydrogens (tertiary/aromatic N) is 4. The number of aromatic nitrogens is 2. The third-order valence-electron chi connectivity index (χ3n) is 4.95. The number of hydrogen-bond acceptors (Lipinski definition) is 7. The minimum atomic E-state index is 0.478.